The van der Waals surface area contributed by atoms with Crippen LogP contribution in [0.2, 0.25) is 18.1 Å². The van der Waals surface area contributed by atoms with Crippen LogP contribution in [0, 0.1) is 11.8 Å². The second-order valence-corrected chi connectivity index (χ2v) is 18.4. The predicted molar refractivity (Wildman–Crippen MR) is 162 cm³/mol. The summed E-state index contributed by atoms with van der Waals surface area (Å²) in [5.41, 5.74) is 0.534. The molecule has 0 N–H and O–H groups in total. The van der Waals surface area contributed by atoms with E-state index in [1.54, 1.807) is 6.92 Å². The van der Waals surface area contributed by atoms with Crippen LogP contribution in [0.25, 0.3) is 0 Å². The van der Waals surface area contributed by atoms with Crippen molar-refractivity contribution >= 4 is 44.4 Å². The molecule has 3 aromatic carbocycles. The maximum absolute atomic E-state index is 13.8. The van der Waals surface area contributed by atoms with Gasteiger partial charge >= 0.3 is 5.97 Å². The van der Waals surface area contributed by atoms with E-state index < -0.39 is 34.2 Å². The minimum absolute atomic E-state index is 0.0696. The lowest BCUT2D eigenvalue weighted by Gasteiger charge is -2.38. The molecule has 0 heterocycles. The van der Waals surface area contributed by atoms with Gasteiger partial charge in [-0.3, -0.25) is 0 Å². The molecule has 0 aliphatic rings. The van der Waals surface area contributed by atoms with Gasteiger partial charge < -0.3 is 14.0 Å². The topological polar surface area (TPSA) is 52.6 Å². The first kappa shape index (κ1) is 30.0. The summed E-state index contributed by atoms with van der Waals surface area (Å²) in [7, 11) is -2.97. The third kappa shape index (κ3) is 7.28. The average molecular weight is 549 g/mol. The number of hydrogen-bond acceptors (Lipinski definition) is 4. The Labute approximate surface area is 230 Å². The first-order valence-corrected chi connectivity index (χ1v) is 17.5. The normalized spacial score (nSPS) is 14.5. The molecule has 0 fully saturated rings. The third-order valence-electron chi connectivity index (χ3n) is 7.44. The number of hydrogen-bond donors (Lipinski definition) is 0. The van der Waals surface area contributed by atoms with Crippen LogP contribution in [0.5, 0.6) is 0 Å². The Balaban J connectivity index is 1.93. The Morgan fingerprint density at radius 1 is 0.868 bits per heavy atom. The van der Waals surface area contributed by atoms with Crippen molar-refractivity contribution < 1.29 is 18.8 Å². The molecule has 38 heavy (non-hydrogen) atoms. The van der Waals surface area contributed by atoms with Gasteiger partial charge in [0, 0.05) is 18.4 Å². The Bertz CT molecular complexity index is 1150. The van der Waals surface area contributed by atoms with Crippen LogP contribution in [-0.4, -0.2) is 33.3 Å². The Hall–Kier alpha value is -2.59. The minimum Gasteiger partial charge on any atom is -0.458 e. The van der Waals surface area contributed by atoms with Crippen LogP contribution >= 0.6 is 7.92 Å². The van der Waals surface area contributed by atoms with Crippen LogP contribution in [0.3, 0.4) is 0 Å². The zero-order valence-electron chi connectivity index (χ0n) is 23.7. The largest absolute Gasteiger partial charge is 0.458 e. The molecule has 0 saturated carbocycles. The highest BCUT2D eigenvalue weighted by Gasteiger charge is 2.39. The number of ether oxygens (including phenoxy) is 1. The van der Waals surface area contributed by atoms with Crippen LogP contribution in [-0.2, 0) is 14.0 Å². The van der Waals surface area contributed by atoms with Crippen molar-refractivity contribution in [2.24, 2.45) is 11.8 Å². The summed E-state index contributed by atoms with van der Waals surface area (Å²) in [5, 5.41) is 3.32. The second kappa shape index (κ2) is 13.0. The van der Waals surface area contributed by atoms with Gasteiger partial charge in [-0.2, -0.15) is 0 Å². The number of esters is 1. The van der Waals surface area contributed by atoms with Crippen LogP contribution in [0.1, 0.15) is 45.0 Å². The van der Waals surface area contributed by atoms with Gasteiger partial charge in [-0.15, -0.1) is 0 Å². The standard InChI is InChI=1S/C32H41O4PSi/c1-24(22-33)30(25(2)23-35-38(6,7)32(3,4)5)36-31(34)28-20-14-15-21-29(28)37(26-16-10-8-11-17-26)27-18-12-9-13-19-27/h8-22,24-25,30H,23H2,1-7H3/t24-,25+,30-/m0/s1. The van der Waals surface area contributed by atoms with E-state index in [2.05, 4.69) is 58.1 Å². The Morgan fingerprint density at radius 3 is 1.87 bits per heavy atom. The molecule has 202 valence electrons. The van der Waals surface area contributed by atoms with E-state index in [9.17, 15) is 9.59 Å². The molecule has 0 aliphatic heterocycles. The van der Waals surface area contributed by atoms with Crippen molar-refractivity contribution in [3.8, 4) is 0 Å². The third-order valence-corrected chi connectivity index (χ3v) is 14.4. The fraction of sp³-hybridized carbons (Fsp3) is 0.375. The molecule has 0 bridgehead atoms. The first-order chi connectivity index (χ1) is 18.0. The monoisotopic (exact) mass is 548 g/mol. The fourth-order valence-electron chi connectivity index (χ4n) is 4.08. The highest BCUT2D eigenvalue weighted by molar-refractivity contribution is 7.80. The van der Waals surface area contributed by atoms with Gasteiger partial charge in [0.2, 0.25) is 0 Å². The van der Waals surface area contributed by atoms with Gasteiger partial charge in [-0.1, -0.05) is 113 Å². The summed E-state index contributed by atoms with van der Waals surface area (Å²) < 4.78 is 12.6. The molecule has 3 atom stereocenters. The van der Waals surface area contributed by atoms with Crippen molar-refractivity contribution in [2.45, 2.75) is 58.9 Å². The average Bonchev–Trinajstić information content (AvgIpc) is 2.91. The highest BCUT2D eigenvalue weighted by Crippen LogP contribution is 2.37. The fourth-order valence-corrected chi connectivity index (χ4v) is 7.63. The number of carbonyl (C=O) groups excluding carboxylic acids is 2. The summed E-state index contributed by atoms with van der Waals surface area (Å²) in [5.74, 6) is -0.989. The molecule has 0 saturated heterocycles. The molecule has 0 aliphatic carbocycles. The quantitative estimate of drug-likeness (QED) is 0.119. The summed E-state index contributed by atoms with van der Waals surface area (Å²) >= 11 is 0. The molecule has 3 aromatic rings. The zero-order chi connectivity index (χ0) is 27.9. The van der Waals surface area contributed by atoms with Crippen LogP contribution in [0.15, 0.2) is 84.9 Å². The van der Waals surface area contributed by atoms with Crippen molar-refractivity contribution in [1.29, 1.82) is 0 Å². The van der Waals surface area contributed by atoms with Gasteiger partial charge in [-0.05, 0) is 48.0 Å². The predicted octanol–water partition coefficient (Wildman–Crippen LogP) is 6.46. The minimum atomic E-state index is -1.99. The lowest BCUT2D eigenvalue weighted by atomic mass is 9.95. The van der Waals surface area contributed by atoms with E-state index in [-0.39, 0.29) is 11.0 Å². The van der Waals surface area contributed by atoms with Gasteiger partial charge in [0.15, 0.2) is 8.32 Å². The number of benzene rings is 3. The van der Waals surface area contributed by atoms with Gasteiger partial charge in [0.05, 0.1) is 5.56 Å². The summed E-state index contributed by atoms with van der Waals surface area (Å²) in [6.45, 7) is 15.2. The summed E-state index contributed by atoms with van der Waals surface area (Å²) in [6.07, 6.45) is 0.283. The molecule has 4 nitrogen and oxygen atoms in total. The molecule has 3 rings (SSSR count). The summed E-state index contributed by atoms with van der Waals surface area (Å²) in [4.78, 5) is 25.6. The Morgan fingerprint density at radius 2 is 1.37 bits per heavy atom. The molecular formula is C32H41O4PSi. The van der Waals surface area contributed by atoms with E-state index in [4.69, 9.17) is 9.16 Å². The first-order valence-electron chi connectivity index (χ1n) is 13.3. The van der Waals surface area contributed by atoms with E-state index in [1.165, 1.54) is 0 Å². The lowest BCUT2D eigenvalue weighted by molar-refractivity contribution is -0.115. The maximum Gasteiger partial charge on any atom is 0.339 e. The maximum atomic E-state index is 13.8. The van der Waals surface area contributed by atoms with Crippen molar-refractivity contribution in [2.75, 3.05) is 6.61 Å². The molecular weight excluding hydrogens is 507 g/mol. The molecule has 0 unspecified atom stereocenters. The molecule has 0 amide bonds. The van der Waals surface area contributed by atoms with Crippen molar-refractivity contribution in [3.63, 3.8) is 0 Å². The van der Waals surface area contributed by atoms with Gasteiger partial charge in [0.25, 0.3) is 0 Å². The molecule has 6 heteroatoms. The molecule has 0 aromatic heterocycles. The van der Waals surface area contributed by atoms with Crippen molar-refractivity contribution in [3.05, 3.63) is 90.5 Å². The number of carbonyl (C=O) groups is 2. The SMILES string of the molecule is C[C@H](CO[Si](C)(C)C(C)(C)C)[C@@H](OC(=O)c1ccccc1P(c1ccccc1)c1ccccc1)[C@@H](C)C=O. The zero-order valence-corrected chi connectivity index (χ0v) is 25.6. The van der Waals surface area contributed by atoms with Crippen LogP contribution < -0.4 is 15.9 Å². The number of rotatable bonds is 11. The lowest BCUT2D eigenvalue weighted by Crippen LogP contribution is -2.44. The number of aldehydes is 1. The van der Waals surface area contributed by atoms with Crippen LogP contribution in [0.4, 0.5) is 0 Å². The van der Waals surface area contributed by atoms with Crippen molar-refractivity contribution in [1.82, 2.24) is 0 Å². The Kier molecular flexibility index (Phi) is 10.2. The van der Waals surface area contributed by atoms with E-state index in [0.29, 0.717) is 12.2 Å². The molecule has 0 spiro atoms. The van der Waals surface area contributed by atoms with Gasteiger partial charge in [0.1, 0.15) is 12.4 Å². The van der Waals surface area contributed by atoms with E-state index >= 15 is 0 Å². The van der Waals surface area contributed by atoms with E-state index in [0.717, 1.165) is 22.2 Å². The smallest absolute Gasteiger partial charge is 0.339 e. The van der Waals surface area contributed by atoms with Gasteiger partial charge in [-0.25, -0.2) is 4.79 Å². The van der Waals surface area contributed by atoms with E-state index in [1.807, 2.05) is 67.6 Å². The second-order valence-electron chi connectivity index (χ2n) is 11.4. The molecule has 0 radical (unpaired) electrons. The highest BCUT2D eigenvalue weighted by atomic mass is 31.1. The summed E-state index contributed by atoms with van der Waals surface area (Å²) in [6, 6.07) is 28.2.